The molecule has 0 amide bonds. The smallest absolute Gasteiger partial charge is 0.224 e. The molecule has 2 aromatic rings. The summed E-state index contributed by atoms with van der Waals surface area (Å²) in [6.07, 6.45) is 13.0. The molecule has 2 atom stereocenters. The van der Waals surface area contributed by atoms with Crippen LogP contribution in [0, 0.1) is 0 Å². The summed E-state index contributed by atoms with van der Waals surface area (Å²) in [5, 5.41) is 20.5. The summed E-state index contributed by atoms with van der Waals surface area (Å²) >= 11 is 0. The zero-order chi connectivity index (χ0) is 22.3. The Hall–Kier alpha value is -2.25. The first-order chi connectivity index (χ1) is 15.6. The molecule has 0 aromatic carbocycles. The lowest BCUT2D eigenvalue weighted by Gasteiger charge is -2.27. The van der Waals surface area contributed by atoms with Crippen molar-refractivity contribution >= 4 is 11.8 Å². The number of anilines is 2. The molecule has 0 spiro atoms. The lowest BCUT2D eigenvalue weighted by Crippen LogP contribution is -2.29. The molecule has 2 fully saturated rings. The van der Waals surface area contributed by atoms with Crippen molar-refractivity contribution < 1.29 is 5.11 Å². The molecular weight excluding hydrogens is 400 g/mol. The minimum atomic E-state index is -0.173. The largest absolute Gasteiger partial charge is 0.393 e. The number of aliphatic hydroxyl groups excluding tert-OH is 1. The maximum atomic E-state index is 9.87. The second-order valence-electron chi connectivity index (χ2n) is 9.49. The van der Waals surface area contributed by atoms with Crippen LogP contribution in [0.5, 0.6) is 0 Å². The zero-order valence-electron chi connectivity index (χ0n) is 19.5. The Balaban J connectivity index is 1.53. The SMILES string of the molecule is CCC[C@H](C)Nc1ncc(-c2ccc(C[C@H]3CCCN3)cn2)c(N[C@H]2CC[C@H](O)CC2)n1. The predicted molar refractivity (Wildman–Crippen MR) is 130 cm³/mol. The van der Waals surface area contributed by atoms with Crippen molar-refractivity contribution in [1.82, 2.24) is 20.3 Å². The first kappa shape index (κ1) is 22.9. The van der Waals surface area contributed by atoms with E-state index in [4.69, 9.17) is 9.97 Å². The number of aliphatic hydroxyl groups is 1. The lowest BCUT2D eigenvalue weighted by atomic mass is 9.93. The van der Waals surface area contributed by atoms with Gasteiger partial charge in [0.25, 0.3) is 0 Å². The summed E-state index contributed by atoms with van der Waals surface area (Å²) in [7, 11) is 0. The Labute approximate surface area is 191 Å². The highest BCUT2D eigenvalue weighted by Crippen LogP contribution is 2.29. The van der Waals surface area contributed by atoms with E-state index in [0.29, 0.717) is 24.1 Å². The monoisotopic (exact) mass is 438 g/mol. The number of aromatic nitrogens is 3. The van der Waals surface area contributed by atoms with E-state index in [1.54, 1.807) is 0 Å². The third-order valence-corrected chi connectivity index (χ3v) is 6.67. The van der Waals surface area contributed by atoms with Gasteiger partial charge in [0.15, 0.2) is 0 Å². The van der Waals surface area contributed by atoms with Crippen molar-refractivity contribution in [2.45, 2.75) is 95.9 Å². The molecule has 2 aromatic heterocycles. The molecule has 7 heteroatoms. The van der Waals surface area contributed by atoms with E-state index >= 15 is 0 Å². The molecule has 1 saturated carbocycles. The van der Waals surface area contributed by atoms with Gasteiger partial charge >= 0.3 is 0 Å². The van der Waals surface area contributed by atoms with Crippen LogP contribution in [0.2, 0.25) is 0 Å². The highest BCUT2D eigenvalue weighted by molar-refractivity contribution is 5.73. The Bertz CT molecular complexity index is 844. The molecule has 1 aliphatic carbocycles. The van der Waals surface area contributed by atoms with Crippen molar-refractivity contribution in [2.24, 2.45) is 0 Å². The molecule has 0 bridgehead atoms. The summed E-state index contributed by atoms with van der Waals surface area (Å²) in [5.41, 5.74) is 3.08. The minimum Gasteiger partial charge on any atom is -0.393 e. The fourth-order valence-corrected chi connectivity index (χ4v) is 4.81. The van der Waals surface area contributed by atoms with E-state index in [2.05, 4.69) is 46.9 Å². The van der Waals surface area contributed by atoms with Crippen LogP contribution in [0.3, 0.4) is 0 Å². The van der Waals surface area contributed by atoms with Gasteiger partial charge in [-0.1, -0.05) is 19.4 Å². The maximum Gasteiger partial charge on any atom is 0.224 e. The van der Waals surface area contributed by atoms with E-state index in [1.807, 2.05) is 12.4 Å². The van der Waals surface area contributed by atoms with Crippen molar-refractivity contribution in [3.05, 3.63) is 30.1 Å². The van der Waals surface area contributed by atoms with E-state index in [9.17, 15) is 5.11 Å². The van der Waals surface area contributed by atoms with Gasteiger partial charge in [-0.2, -0.15) is 4.98 Å². The lowest BCUT2D eigenvalue weighted by molar-refractivity contribution is 0.126. The number of nitrogens with zero attached hydrogens (tertiary/aromatic N) is 3. The van der Waals surface area contributed by atoms with Crippen molar-refractivity contribution in [3.8, 4) is 11.3 Å². The number of hydrogen-bond acceptors (Lipinski definition) is 7. The first-order valence-electron chi connectivity index (χ1n) is 12.4. The highest BCUT2D eigenvalue weighted by atomic mass is 16.3. The predicted octanol–water partition coefficient (Wildman–Crippen LogP) is 4.15. The van der Waals surface area contributed by atoms with Crippen LogP contribution in [0.15, 0.2) is 24.5 Å². The fourth-order valence-electron chi connectivity index (χ4n) is 4.81. The van der Waals surface area contributed by atoms with Crippen molar-refractivity contribution in [2.75, 3.05) is 17.2 Å². The van der Waals surface area contributed by atoms with E-state index in [1.165, 1.54) is 18.4 Å². The molecule has 4 rings (SSSR count). The van der Waals surface area contributed by atoms with Gasteiger partial charge in [-0.15, -0.1) is 0 Å². The van der Waals surface area contributed by atoms with Crippen molar-refractivity contribution in [1.29, 1.82) is 0 Å². The number of rotatable bonds is 9. The topological polar surface area (TPSA) is 95.0 Å². The van der Waals surface area contributed by atoms with Gasteiger partial charge in [-0.05, 0) is 76.5 Å². The van der Waals surface area contributed by atoms with Gasteiger partial charge in [0, 0.05) is 30.5 Å². The highest BCUT2D eigenvalue weighted by Gasteiger charge is 2.22. The Kier molecular flexibility index (Phi) is 7.92. The molecule has 0 radical (unpaired) electrons. The fraction of sp³-hybridized carbons (Fsp3) is 0.640. The van der Waals surface area contributed by atoms with E-state index < -0.39 is 0 Å². The van der Waals surface area contributed by atoms with Gasteiger partial charge in [-0.25, -0.2) is 4.98 Å². The summed E-state index contributed by atoms with van der Waals surface area (Å²) < 4.78 is 0. The van der Waals surface area contributed by atoms with E-state index in [0.717, 1.165) is 68.6 Å². The van der Waals surface area contributed by atoms with Crippen molar-refractivity contribution in [3.63, 3.8) is 0 Å². The zero-order valence-corrected chi connectivity index (χ0v) is 19.5. The summed E-state index contributed by atoms with van der Waals surface area (Å²) in [6, 6.07) is 5.47. The van der Waals surface area contributed by atoms with Gasteiger partial charge < -0.3 is 21.1 Å². The summed E-state index contributed by atoms with van der Waals surface area (Å²) in [6.45, 7) is 5.47. The third kappa shape index (κ3) is 6.17. The molecular formula is C25H38N6O. The first-order valence-corrected chi connectivity index (χ1v) is 12.4. The number of nitrogens with one attached hydrogen (secondary N) is 3. The molecule has 0 unspecified atom stereocenters. The third-order valence-electron chi connectivity index (χ3n) is 6.67. The standard InChI is InChI=1S/C25H38N6O/c1-3-5-17(2)29-25-28-16-22(24(31-25)30-19-8-10-21(32)11-9-19)23-12-7-18(15-27-23)14-20-6-4-13-26-20/h7,12,15-17,19-21,26,32H,3-6,8-11,13-14H2,1-2H3,(H2,28,29,30,31)/t17-,19-,20+,21-/m0/s1. The molecule has 32 heavy (non-hydrogen) atoms. The van der Waals surface area contributed by atoms with Gasteiger partial charge in [0.05, 0.1) is 17.4 Å². The second-order valence-corrected chi connectivity index (χ2v) is 9.49. The quantitative estimate of drug-likeness (QED) is 0.467. The second kappa shape index (κ2) is 11.1. The van der Waals surface area contributed by atoms with Crippen LogP contribution in [-0.4, -0.2) is 50.8 Å². The normalized spacial score (nSPS) is 24.3. The van der Waals surface area contributed by atoms with Crippen LogP contribution in [0.25, 0.3) is 11.3 Å². The van der Waals surface area contributed by atoms with Crippen LogP contribution in [-0.2, 0) is 6.42 Å². The average Bonchev–Trinajstić information content (AvgIpc) is 3.30. The van der Waals surface area contributed by atoms with Crippen LogP contribution in [0.4, 0.5) is 11.8 Å². The maximum absolute atomic E-state index is 9.87. The summed E-state index contributed by atoms with van der Waals surface area (Å²) in [5.74, 6) is 1.47. The molecule has 7 nitrogen and oxygen atoms in total. The Morgan fingerprint density at radius 1 is 1.12 bits per heavy atom. The molecule has 3 heterocycles. The molecule has 1 aliphatic heterocycles. The van der Waals surface area contributed by atoms with Crippen LogP contribution >= 0.6 is 0 Å². The molecule has 1 saturated heterocycles. The van der Waals surface area contributed by atoms with Gasteiger partial charge in [0.2, 0.25) is 5.95 Å². The van der Waals surface area contributed by atoms with Gasteiger partial charge in [0.1, 0.15) is 5.82 Å². The Morgan fingerprint density at radius 3 is 2.66 bits per heavy atom. The molecule has 174 valence electrons. The van der Waals surface area contributed by atoms with Gasteiger partial charge in [-0.3, -0.25) is 4.98 Å². The average molecular weight is 439 g/mol. The van der Waals surface area contributed by atoms with Crippen LogP contribution in [0.1, 0.15) is 70.8 Å². The minimum absolute atomic E-state index is 0.173. The van der Waals surface area contributed by atoms with E-state index in [-0.39, 0.29) is 6.10 Å². The molecule has 4 N–H and O–H groups in total. The molecule has 2 aliphatic rings. The summed E-state index contributed by atoms with van der Waals surface area (Å²) in [4.78, 5) is 14.2. The Morgan fingerprint density at radius 2 is 1.97 bits per heavy atom. The van der Waals surface area contributed by atoms with Crippen LogP contribution < -0.4 is 16.0 Å². The number of hydrogen-bond donors (Lipinski definition) is 4. The number of pyridine rings is 1.